The summed E-state index contributed by atoms with van der Waals surface area (Å²) in [5, 5.41) is 1.000. The zero-order valence-corrected chi connectivity index (χ0v) is 7.44. The van der Waals surface area contributed by atoms with Gasteiger partial charge in [-0.2, -0.15) is 0 Å². The van der Waals surface area contributed by atoms with Gasteiger partial charge < -0.3 is 10.2 Å². The van der Waals surface area contributed by atoms with Crippen LogP contribution >= 0.6 is 11.6 Å². The van der Waals surface area contributed by atoms with E-state index >= 15 is 0 Å². The average molecular weight is 200 g/mol. The second kappa shape index (κ2) is 3.01. The van der Waals surface area contributed by atoms with Gasteiger partial charge in [0.2, 0.25) is 0 Å². The monoisotopic (exact) mass is 199 g/mol. The number of benzene rings is 1. The Morgan fingerprint density at radius 3 is 2.85 bits per heavy atom. The Hall–Kier alpha value is -1.06. The molecule has 68 valence electrons. The molecule has 0 amide bonds. The molecule has 2 rings (SSSR count). The van der Waals surface area contributed by atoms with Crippen molar-refractivity contribution in [1.82, 2.24) is 0 Å². The molecule has 2 aromatic rings. The molecule has 0 bridgehead atoms. The van der Waals surface area contributed by atoms with Crippen molar-refractivity contribution in [1.29, 1.82) is 0 Å². The maximum atomic E-state index is 13.2. The van der Waals surface area contributed by atoms with Crippen LogP contribution in [0.3, 0.4) is 0 Å². The van der Waals surface area contributed by atoms with Gasteiger partial charge in [-0.3, -0.25) is 0 Å². The maximum absolute atomic E-state index is 13.2. The minimum atomic E-state index is -0.456. The minimum absolute atomic E-state index is 0.213. The molecule has 1 aromatic heterocycles. The molecular formula is C9H7ClFNO. The predicted octanol–water partition coefficient (Wildman–Crippen LogP) is 2.68. The smallest absolute Gasteiger partial charge is 0.170 e. The van der Waals surface area contributed by atoms with Gasteiger partial charge in [0, 0.05) is 10.4 Å². The lowest BCUT2D eigenvalue weighted by Crippen LogP contribution is -1.92. The van der Waals surface area contributed by atoms with Gasteiger partial charge in [-0.1, -0.05) is 11.6 Å². The summed E-state index contributed by atoms with van der Waals surface area (Å²) in [6.07, 6.45) is 0. The highest BCUT2D eigenvalue weighted by Gasteiger charge is 2.08. The van der Waals surface area contributed by atoms with E-state index in [0.29, 0.717) is 16.2 Å². The summed E-state index contributed by atoms with van der Waals surface area (Å²) in [4.78, 5) is 0. The molecular weight excluding hydrogens is 193 g/mol. The molecule has 0 spiro atoms. The fourth-order valence-corrected chi connectivity index (χ4v) is 1.44. The maximum Gasteiger partial charge on any atom is 0.170 e. The van der Waals surface area contributed by atoms with E-state index in [1.807, 2.05) is 0 Å². The van der Waals surface area contributed by atoms with E-state index in [0.717, 1.165) is 0 Å². The van der Waals surface area contributed by atoms with Gasteiger partial charge in [0.15, 0.2) is 11.4 Å². The largest absolute Gasteiger partial charge is 0.457 e. The highest BCUT2D eigenvalue weighted by atomic mass is 35.5. The van der Waals surface area contributed by atoms with Crippen LogP contribution in [0.4, 0.5) is 4.39 Å². The molecule has 0 aliphatic heterocycles. The zero-order chi connectivity index (χ0) is 9.42. The van der Waals surface area contributed by atoms with Crippen LogP contribution in [-0.4, -0.2) is 0 Å². The van der Waals surface area contributed by atoms with E-state index in [1.165, 1.54) is 6.07 Å². The Labute approximate surface area is 79.1 Å². The normalized spacial score (nSPS) is 11.0. The van der Waals surface area contributed by atoms with Crippen LogP contribution < -0.4 is 5.73 Å². The van der Waals surface area contributed by atoms with E-state index in [9.17, 15) is 4.39 Å². The quantitative estimate of drug-likeness (QED) is 0.767. The summed E-state index contributed by atoms with van der Waals surface area (Å²) in [6.45, 7) is 0.256. The lowest BCUT2D eigenvalue weighted by Gasteiger charge is -1.91. The molecule has 0 atom stereocenters. The Morgan fingerprint density at radius 2 is 2.15 bits per heavy atom. The van der Waals surface area contributed by atoms with Gasteiger partial charge in [-0.05, 0) is 18.2 Å². The number of hydrogen-bond acceptors (Lipinski definition) is 2. The molecule has 1 aromatic carbocycles. The van der Waals surface area contributed by atoms with Crippen molar-refractivity contribution in [2.75, 3.05) is 0 Å². The van der Waals surface area contributed by atoms with E-state index in [4.69, 9.17) is 21.8 Å². The van der Waals surface area contributed by atoms with Gasteiger partial charge in [-0.25, -0.2) is 4.39 Å². The third-order valence-corrected chi connectivity index (χ3v) is 2.01. The molecule has 0 unspecified atom stereocenters. The summed E-state index contributed by atoms with van der Waals surface area (Å²) in [5.41, 5.74) is 5.57. The molecule has 0 aliphatic rings. The standard InChI is InChI=1S/C9H7ClFNO/c10-6-1-5-2-7(4-12)13-9(5)8(11)3-6/h1-3H,4,12H2. The molecule has 13 heavy (non-hydrogen) atoms. The number of halogens is 2. The fourth-order valence-electron chi connectivity index (χ4n) is 1.23. The van der Waals surface area contributed by atoms with Gasteiger partial charge in [0.25, 0.3) is 0 Å². The summed E-state index contributed by atoms with van der Waals surface area (Å²) in [7, 11) is 0. The Bertz CT molecular complexity index is 452. The van der Waals surface area contributed by atoms with E-state index in [2.05, 4.69) is 0 Å². The van der Waals surface area contributed by atoms with Crippen LogP contribution in [0.1, 0.15) is 5.76 Å². The van der Waals surface area contributed by atoms with Gasteiger partial charge in [-0.15, -0.1) is 0 Å². The minimum Gasteiger partial charge on any atom is -0.457 e. The van der Waals surface area contributed by atoms with E-state index in [1.54, 1.807) is 12.1 Å². The third-order valence-electron chi connectivity index (χ3n) is 1.79. The summed E-state index contributed by atoms with van der Waals surface area (Å²) < 4.78 is 18.3. The fraction of sp³-hybridized carbons (Fsp3) is 0.111. The van der Waals surface area contributed by atoms with Gasteiger partial charge >= 0.3 is 0 Å². The zero-order valence-electron chi connectivity index (χ0n) is 6.68. The second-order valence-electron chi connectivity index (χ2n) is 2.72. The molecule has 2 nitrogen and oxygen atoms in total. The number of hydrogen-bond donors (Lipinski definition) is 1. The molecule has 1 heterocycles. The van der Waals surface area contributed by atoms with E-state index in [-0.39, 0.29) is 12.1 Å². The predicted molar refractivity (Wildman–Crippen MR) is 49.1 cm³/mol. The Balaban J connectivity index is 2.75. The molecule has 0 saturated carbocycles. The van der Waals surface area contributed by atoms with Crippen molar-refractivity contribution >= 4 is 22.6 Å². The SMILES string of the molecule is NCc1cc2cc(Cl)cc(F)c2o1. The van der Waals surface area contributed by atoms with Crippen molar-refractivity contribution < 1.29 is 8.81 Å². The van der Waals surface area contributed by atoms with Crippen LogP contribution in [-0.2, 0) is 6.54 Å². The lowest BCUT2D eigenvalue weighted by molar-refractivity contribution is 0.521. The number of nitrogens with two attached hydrogens (primary N) is 1. The van der Waals surface area contributed by atoms with Crippen molar-refractivity contribution in [3.63, 3.8) is 0 Å². The topological polar surface area (TPSA) is 39.2 Å². The molecule has 0 radical (unpaired) electrons. The highest BCUT2D eigenvalue weighted by Crippen LogP contribution is 2.25. The van der Waals surface area contributed by atoms with Crippen molar-refractivity contribution in [2.24, 2.45) is 5.73 Å². The second-order valence-corrected chi connectivity index (χ2v) is 3.16. The first-order valence-corrected chi connectivity index (χ1v) is 4.16. The number of rotatable bonds is 1. The van der Waals surface area contributed by atoms with Crippen LogP contribution in [0.15, 0.2) is 22.6 Å². The molecule has 0 saturated heterocycles. The number of fused-ring (bicyclic) bond motifs is 1. The van der Waals surface area contributed by atoms with Gasteiger partial charge in [0.1, 0.15) is 5.76 Å². The molecule has 0 aliphatic carbocycles. The molecule has 2 N–H and O–H groups in total. The first kappa shape index (κ1) is 8.53. The summed E-state index contributed by atoms with van der Waals surface area (Å²) >= 11 is 5.66. The van der Waals surface area contributed by atoms with Crippen molar-refractivity contribution in [2.45, 2.75) is 6.54 Å². The number of furan rings is 1. The first-order valence-electron chi connectivity index (χ1n) is 3.78. The lowest BCUT2D eigenvalue weighted by atomic mass is 10.2. The average Bonchev–Trinajstić information content (AvgIpc) is 2.47. The highest BCUT2D eigenvalue weighted by molar-refractivity contribution is 6.31. The summed E-state index contributed by atoms with van der Waals surface area (Å²) in [6, 6.07) is 4.54. The Morgan fingerprint density at radius 1 is 1.38 bits per heavy atom. The van der Waals surface area contributed by atoms with Crippen LogP contribution in [0.25, 0.3) is 11.0 Å². The van der Waals surface area contributed by atoms with E-state index < -0.39 is 5.82 Å². The summed E-state index contributed by atoms with van der Waals surface area (Å²) in [5.74, 6) is 0.0957. The molecule has 4 heteroatoms. The van der Waals surface area contributed by atoms with Gasteiger partial charge in [0.05, 0.1) is 6.54 Å². The Kier molecular flexibility index (Phi) is 1.98. The third kappa shape index (κ3) is 1.41. The van der Waals surface area contributed by atoms with Crippen LogP contribution in [0.2, 0.25) is 5.02 Å². The van der Waals surface area contributed by atoms with Crippen LogP contribution in [0, 0.1) is 5.82 Å². The van der Waals surface area contributed by atoms with Crippen molar-refractivity contribution in [3.8, 4) is 0 Å². The first-order chi connectivity index (χ1) is 6.20. The van der Waals surface area contributed by atoms with Crippen molar-refractivity contribution in [3.05, 3.63) is 34.8 Å². The van der Waals surface area contributed by atoms with Crippen LogP contribution in [0.5, 0.6) is 0 Å². The molecule has 0 fully saturated rings.